The van der Waals surface area contributed by atoms with Gasteiger partial charge in [-0.2, -0.15) is 0 Å². The van der Waals surface area contributed by atoms with Gasteiger partial charge in [-0.1, -0.05) is 42.5 Å². The average molecular weight is 412 g/mol. The van der Waals surface area contributed by atoms with Gasteiger partial charge in [-0.3, -0.25) is 30.1 Å². The maximum Gasteiger partial charge on any atom is 0.325 e. The fourth-order valence-corrected chi connectivity index (χ4v) is 3.12. The van der Waals surface area contributed by atoms with Crippen LogP contribution in [0.2, 0.25) is 0 Å². The van der Waals surface area contributed by atoms with Gasteiger partial charge in [-0.05, 0) is 37.5 Å². The molecule has 0 aliphatic carbocycles. The molecular formula is C21H21FN4O4. The van der Waals surface area contributed by atoms with Gasteiger partial charge < -0.3 is 5.32 Å². The molecule has 5 amide bonds. The number of nitrogens with one attached hydrogen (secondary N) is 3. The first-order valence-corrected chi connectivity index (χ1v) is 9.32. The fourth-order valence-electron chi connectivity index (χ4n) is 3.12. The highest BCUT2D eigenvalue weighted by atomic mass is 19.1. The Morgan fingerprint density at radius 2 is 1.70 bits per heavy atom. The number of urea groups is 1. The lowest BCUT2D eigenvalue weighted by Gasteiger charge is -2.21. The lowest BCUT2D eigenvalue weighted by molar-refractivity contribution is -0.134. The number of aryl methyl sites for hydroxylation is 1. The third-order valence-corrected chi connectivity index (χ3v) is 4.84. The van der Waals surface area contributed by atoms with E-state index in [1.165, 1.54) is 18.2 Å². The predicted octanol–water partition coefficient (Wildman–Crippen LogP) is 1.53. The molecule has 3 N–H and O–H groups in total. The molecule has 1 aliphatic heterocycles. The van der Waals surface area contributed by atoms with Gasteiger partial charge in [0.25, 0.3) is 17.7 Å². The second-order valence-corrected chi connectivity index (χ2v) is 7.12. The minimum Gasteiger partial charge on any atom is -0.323 e. The van der Waals surface area contributed by atoms with E-state index in [9.17, 15) is 23.6 Å². The van der Waals surface area contributed by atoms with Crippen molar-refractivity contribution < 1.29 is 23.6 Å². The molecule has 0 aromatic heterocycles. The summed E-state index contributed by atoms with van der Waals surface area (Å²) in [7, 11) is 0. The minimum absolute atomic E-state index is 0.249. The molecule has 0 radical (unpaired) electrons. The Bertz CT molecular complexity index is 982. The van der Waals surface area contributed by atoms with Gasteiger partial charge in [0.1, 0.15) is 17.9 Å². The number of hydrogen-bond acceptors (Lipinski definition) is 4. The lowest BCUT2D eigenvalue weighted by atomic mass is 9.93. The molecule has 9 heteroatoms. The Balaban J connectivity index is 1.55. The molecule has 8 nitrogen and oxygen atoms in total. The van der Waals surface area contributed by atoms with Crippen molar-refractivity contribution in [2.45, 2.75) is 25.3 Å². The highest BCUT2D eigenvalue weighted by molar-refractivity contribution is 6.09. The monoisotopic (exact) mass is 412 g/mol. The zero-order valence-electron chi connectivity index (χ0n) is 16.3. The van der Waals surface area contributed by atoms with Crippen molar-refractivity contribution in [2.24, 2.45) is 0 Å². The van der Waals surface area contributed by atoms with Crippen LogP contribution in [0.3, 0.4) is 0 Å². The van der Waals surface area contributed by atoms with E-state index in [-0.39, 0.29) is 5.56 Å². The van der Waals surface area contributed by atoms with Crippen molar-refractivity contribution in [3.05, 3.63) is 71.5 Å². The number of hydrogen-bond donors (Lipinski definition) is 3. The molecule has 30 heavy (non-hydrogen) atoms. The molecule has 1 fully saturated rings. The maximum atomic E-state index is 13.6. The third kappa shape index (κ3) is 4.62. The summed E-state index contributed by atoms with van der Waals surface area (Å²) in [5.74, 6) is -2.92. The van der Waals surface area contributed by atoms with Crippen molar-refractivity contribution in [1.82, 2.24) is 21.1 Å². The summed E-state index contributed by atoms with van der Waals surface area (Å²) < 4.78 is 13.6. The molecule has 3 rings (SSSR count). The molecular weight excluding hydrogens is 391 g/mol. The standard InChI is InChI=1S/C21H21FN4O4/c1-21(12-11-14-7-3-2-4-8-14)19(29)26(20(30)23-21)13-17(27)24-25-18(28)15-9-5-6-10-16(15)22/h2-10H,11-13H2,1H3,(H,23,30)(H,24,27)(H,25,28)/t21-/m1/s1. The van der Waals surface area contributed by atoms with Crippen LogP contribution in [-0.2, 0) is 16.0 Å². The van der Waals surface area contributed by atoms with Crippen molar-refractivity contribution in [3.63, 3.8) is 0 Å². The van der Waals surface area contributed by atoms with Crippen molar-refractivity contribution >= 4 is 23.8 Å². The number of rotatable bonds is 6. The number of benzene rings is 2. The molecule has 0 spiro atoms. The highest BCUT2D eigenvalue weighted by Crippen LogP contribution is 2.23. The Labute approximate surface area is 172 Å². The van der Waals surface area contributed by atoms with E-state index in [4.69, 9.17) is 0 Å². The molecule has 0 unspecified atom stereocenters. The summed E-state index contributed by atoms with van der Waals surface area (Å²) in [5, 5.41) is 2.62. The number of imide groups is 1. The molecule has 0 bridgehead atoms. The van der Waals surface area contributed by atoms with Crippen LogP contribution in [-0.4, -0.2) is 40.7 Å². The van der Waals surface area contributed by atoms with Gasteiger partial charge in [0, 0.05) is 0 Å². The second kappa shape index (κ2) is 8.73. The number of carbonyl (C=O) groups is 4. The van der Waals surface area contributed by atoms with Crippen LogP contribution < -0.4 is 16.2 Å². The number of halogens is 1. The van der Waals surface area contributed by atoms with Crippen LogP contribution >= 0.6 is 0 Å². The summed E-state index contributed by atoms with van der Waals surface area (Å²) in [4.78, 5) is 49.8. The van der Waals surface area contributed by atoms with Gasteiger partial charge in [-0.25, -0.2) is 9.18 Å². The summed E-state index contributed by atoms with van der Waals surface area (Å²) in [6.45, 7) is 1.02. The SMILES string of the molecule is C[C@]1(CCc2ccccc2)NC(=O)N(CC(=O)NNC(=O)c2ccccc2F)C1=O. The third-order valence-electron chi connectivity index (χ3n) is 4.84. The summed E-state index contributed by atoms with van der Waals surface area (Å²) in [6, 6.07) is 14.1. The molecule has 0 saturated carbocycles. The number of nitrogens with zero attached hydrogens (tertiary/aromatic N) is 1. The van der Waals surface area contributed by atoms with Crippen LogP contribution in [0.5, 0.6) is 0 Å². The maximum absolute atomic E-state index is 13.6. The van der Waals surface area contributed by atoms with E-state index in [0.29, 0.717) is 12.8 Å². The molecule has 1 aliphatic rings. The number of hydrazine groups is 1. The number of carbonyl (C=O) groups excluding carboxylic acids is 4. The van der Waals surface area contributed by atoms with Crippen LogP contribution in [0.15, 0.2) is 54.6 Å². The molecule has 1 heterocycles. The Morgan fingerprint density at radius 1 is 1.03 bits per heavy atom. The van der Waals surface area contributed by atoms with E-state index < -0.39 is 41.7 Å². The van der Waals surface area contributed by atoms with E-state index in [0.717, 1.165) is 16.5 Å². The predicted molar refractivity (Wildman–Crippen MR) is 105 cm³/mol. The largest absolute Gasteiger partial charge is 0.325 e. The summed E-state index contributed by atoms with van der Waals surface area (Å²) in [5.41, 5.74) is 3.78. The molecule has 2 aromatic rings. The van der Waals surface area contributed by atoms with Crippen LogP contribution in [0.25, 0.3) is 0 Å². The Kier molecular flexibility index (Phi) is 6.10. The van der Waals surface area contributed by atoms with E-state index in [2.05, 4.69) is 16.2 Å². The van der Waals surface area contributed by atoms with Crippen molar-refractivity contribution in [3.8, 4) is 0 Å². The average Bonchev–Trinajstić information content (AvgIpc) is 2.95. The zero-order chi connectivity index (χ0) is 21.7. The molecule has 2 aromatic carbocycles. The van der Waals surface area contributed by atoms with Crippen LogP contribution in [0.4, 0.5) is 9.18 Å². The van der Waals surface area contributed by atoms with Crippen molar-refractivity contribution in [1.29, 1.82) is 0 Å². The quantitative estimate of drug-likeness (QED) is 0.494. The molecule has 1 saturated heterocycles. The van der Waals surface area contributed by atoms with Gasteiger partial charge in [0.15, 0.2) is 0 Å². The first kappa shape index (κ1) is 21.0. The lowest BCUT2D eigenvalue weighted by Crippen LogP contribution is -2.49. The topological polar surface area (TPSA) is 108 Å². The van der Waals surface area contributed by atoms with Gasteiger partial charge in [0.2, 0.25) is 0 Å². The summed E-state index contributed by atoms with van der Waals surface area (Å²) >= 11 is 0. The normalized spacial score (nSPS) is 18.1. The van der Waals surface area contributed by atoms with Crippen LogP contribution in [0.1, 0.15) is 29.3 Å². The van der Waals surface area contributed by atoms with Crippen molar-refractivity contribution in [2.75, 3.05) is 6.54 Å². The van der Waals surface area contributed by atoms with Gasteiger partial charge in [-0.15, -0.1) is 0 Å². The Morgan fingerprint density at radius 3 is 2.40 bits per heavy atom. The Hall–Kier alpha value is -3.75. The molecule has 1 atom stereocenters. The van der Waals surface area contributed by atoms with Gasteiger partial charge >= 0.3 is 6.03 Å². The first-order valence-electron chi connectivity index (χ1n) is 9.32. The second-order valence-electron chi connectivity index (χ2n) is 7.12. The fraction of sp³-hybridized carbons (Fsp3) is 0.238. The van der Waals surface area contributed by atoms with E-state index in [1.54, 1.807) is 6.92 Å². The zero-order valence-corrected chi connectivity index (χ0v) is 16.3. The van der Waals surface area contributed by atoms with Gasteiger partial charge in [0.05, 0.1) is 5.56 Å². The highest BCUT2D eigenvalue weighted by Gasteiger charge is 2.47. The minimum atomic E-state index is -1.14. The number of amides is 5. The summed E-state index contributed by atoms with van der Waals surface area (Å²) in [6.07, 6.45) is 0.936. The molecule has 156 valence electrons. The van der Waals surface area contributed by atoms with E-state index in [1.807, 2.05) is 30.3 Å². The van der Waals surface area contributed by atoms with E-state index >= 15 is 0 Å². The van der Waals surface area contributed by atoms with Crippen LogP contribution in [0, 0.1) is 5.82 Å². The first-order chi connectivity index (χ1) is 14.3. The smallest absolute Gasteiger partial charge is 0.323 e.